The van der Waals surface area contributed by atoms with E-state index in [4.69, 9.17) is 17.3 Å². The molecule has 0 aliphatic carbocycles. The van der Waals surface area contributed by atoms with E-state index < -0.39 is 10.0 Å². The fourth-order valence-corrected chi connectivity index (χ4v) is 2.81. The SMILES string of the molecule is NC=NS(=O)(=O)c1ccc(Cl)s1. The van der Waals surface area contributed by atoms with Gasteiger partial charge in [-0.2, -0.15) is 8.42 Å². The Balaban J connectivity index is 3.15. The van der Waals surface area contributed by atoms with E-state index >= 15 is 0 Å². The Kier molecular flexibility index (Phi) is 2.71. The van der Waals surface area contributed by atoms with Crippen LogP contribution in [0.1, 0.15) is 0 Å². The highest BCUT2D eigenvalue weighted by atomic mass is 35.5. The van der Waals surface area contributed by atoms with Gasteiger partial charge in [-0.25, -0.2) is 0 Å². The van der Waals surface area contributed by atoms with Crippen molar-refractivity contribution in [3.05, 3.63) is 16.5 Å². The first-order valence-corrected chi connectivity index (χ1v) is 5.45. The third-order valence-corrected chi connectivity index (χ3v) is 3.95. The Hall–Kier alpha value is -0.590. The zero-order chi connectivity index (χ0) is 9.19. The average Bonchev–Trinajstić information content (AvgIpc) is 2.36. The van der Waals surface area contributed by atoms with Gasteiger partial charge < -0.3 is 5.73 Å². The van der Waals surface area contributed by atoms with Crippen LogP contribution in [0, 0.1) is 0 Å². The summed E-state index contributed by atoms with van der Waals surface area (Å²) in [5.41, 5.74) is 4.86. The quantitative estimate of drug-likeness (QED) is 0.604. The molecule has 0 aliphatic heterocycles. The molecule has 0 unspecified atom stereocenters. The van der Waals surface area contributed by atoms with Crippen molar-refractivity contribution in [2.45, 2.75) is 4.21 Å². The number of sulfonamides is 1. The van der Waals surface area contributed by atoms with Crippen LogP contribution in [0.25, 0.3) is 0 Å². The van der Waals surface area contributed by atoms with Crippen molar-refractivity contribution in [3.8, 4) is 0 Å². The third-order valence-electron chi connectivity index (χ3n) is 1.00. The van der Waals surface area contributed by atoms with Crippen molar-refractivity contribution >= 4 is 39.3 Å². The second-order valence-electron chi connectivity index (χ2n) is 1.79. The summed E-state index contributed by atoms with van der Waals surface area (Å²) in [5.74, 6) is 0. The summed E-state index contributed by atoms with van der Waals surface area (Å²) in [5, 5.41) is 0. The van der Waals surface area contributed by atoms with Crippen LogP contribution < -0.4 is 5.73 Å². The fourth-order valence-electron chi connectivity index (χ4n) is 0.568. The van der Waals surface area contributed by atoms with E-state index in [1.807, 2.05) is 0 Å². The molecule has 0 amide bonds. The summed E-state index contributed by atoms with van der Waals surface area (Å²) in [7, 11) is -3.61. The van der Waals surface area contributed by atoms with Crippen LogP contribution in [0.2, 0.25) is 4.34 Å². The lowest BCUT2D eigenvalue weighted by molar-refractivity contribution is 0.600. The molecule has 0 bridgehead atoms. The van der Waals surface area contributed by atoms with Crippen molar-refractivity contribution in [3.63, 3.8) is 0 Å². The first-order chi connectivity index (χ1) is 5.56. The third kappa shape index (κ3) is 1.96. The number of thiophene rings is 1. The van der Waals surface area contributed by atoms with E-state index in [-0.39, 0.29) is 4.21 Å². The molecule has 12 heavy (non-hydrogen) atoms. The molecule has 0 saturated carbocycles. The lowest BCUT2D eigenvalue weighted by Crippen LogP contribution is -1.98. The Labute approximate surface area is 78.7 Å². The maximum absolute atomic E-state index is 11.1. The van der Waals surface area contributed by atoms with Gasteiger partial charge in [0.15, 0.2) is 0 Å². The van der Waals surface area contributed by atoms with Gasteiger partial charge in [0.1, 0.15) is 4.21 Å². The summed E-state index contributed by atoms with van der Waals surface area (Å²) in [4.78, 5) is 0. The molecule has 1 rings (SSSR count). The van der Waals surface area contributed by atoms with Crippen LogP contribution >= 0.6 is 22.9 Å². The van der Waals surface area contributed by atoms with Gasteiger partial charge in [-0.05, 0) is 12.1 Å². The Morgan fingerprint density at radius 3 is 2.67 bits per heavy atom. The Morgan fingerprint density at radius 1 is 1.58 bits per heavy atom. The minimum absolute atomic E-state index is 0.0919. The molecule has 0 saturated heterocycles. The van der Waals surface area contributed by atoms with E-state index in [0.29, 0.717) is 4.34 Å². The smallest absolute Gasteiger partial charge is 0.293 e. The zero-order valence-corrected chi connectivity index (χ0v) is 8.16. The molecule has 2 N–H and O–H groups in total. The van der Waals surface area contributed by atoms with Crippen LogP contribution in [0.15, 0.2) is 20.7 Å². The molecule has 0 aromatic carbocycles. The topological polar surface area (TPSA) is 72.5 Å². The fraction of sp³-hybridized carbons (Fsp3) is 0. The number of hydrogen-bond acceptors (Lipinski definition) is 3. The van der Waals surface area contributed by atoms with Gasteiger partial charge in [0.2, 0.25) is 0 Å². The van der Waals surface area contributed by atoms with E-state index in [9.17, 15) is 8.42 Å². The van der Waals surface area contributed by atoms with E-state index in [1.165, 1.54) is 12.1 Å². The molecule has 4 nitrogen and oxygen atoms in total. The maximum Gasteiger partial charge on any atom is 0.293 e. The van der Waals surface area contributed by atoms with Crippen molar-refractivity contribution in [2.24, 2.45) is 10.1 Å². The van der Waals surface area contributed by atoms with E-state index in [1.54, 1.807) is 0 Å². The number of hydrogen-bond donors (Lipinski definition) is 1. The predicted octanol–water partition coefficient (Wildman–Crippen LogP) is 1.08. The molecule has 0 radical (unpaired) electrons. The van der Waals surface area contributed by atoms with Crippen molar-refractivity contribution < 1.29 is 8.42 Å². The van der Waals surface area contributed by atoms with Crippen LogP contribution in [-0.2, 0) is 10.0 Å². The first-order valence-electron chi connectivity index (χ1n) is 2.82. The average molecular weight is 225 g/mol. The van der Waals surface area contributed by atoms with Gasteiger partial charge >= 0.3 is 0 Å². The highest BCUT2D eigenvalue weighted by Gasteiger charge is 2.13. The van der Waals surface area contributed by atoms with Gasteiger partial charge in [-0.3, -0.25) is 0 Å². The molecular formula is C5H5ClN2O2S2. The number of rotatable bonds is 2. The highest BCUT2D eigenvalue weighted by Crippen LogP contribution is 2.26. The molecule has 1 heterocycles. The summed E-state index contributed by atoms with van der Waals surface area (Å²) < 4.78 is 25.9. The molecular weight excluding hydrogens is 220 g/mol. The van der Waals surface area contributed by atoms with Crippen molar-refractivity contribution in [1.29, 1.82) is 0 Å². The van der Waals surface area contributed by atoms with E-state index in [0.717, 1.165) is 17.7 Å². The summed E-state index contributed by atoms with van der Waals surface area (Å²) in [6, 6.07) is 2.88. The van der Waals surface area contributed by atoms with Crippen molar-refractivity contribution in [1.82, 2.24) is 0 Å². The van der Waals surface area contributed by atoms with Gasteiger partial charge in [0, 0.05) is 0 Å². The molecule has 0 atom stereocenters. The van der Waals surface area contributed by atoms with Crippen LogP contribution in [0.3, 0.4) is 0 Å². The van der Waals surface area contributed by atoms with Crippen LogP contribution in [-0.4, -0.2) is 14.8 Å². The molecule has 0 aliphatic rings. The minimum atomic E-state index is -3.61. The van der Waals surface area contributed by atoms with Crippen LogP contribution in [0.4, 0.5) is 0 Å². The zero-order valence-electron chi connectivity index (χ0n) is 5.77. The maximum atomic E-state index is 11.1. The Bertz CT molecular complexity index is 395. The normalized spacial score (nSPS) is 12.4. The first kappa shape index (κ1) is 9.50. The highest BCUT2D eigenvalue weighted by molar-refractivity contribution is 7.92. The second-order valence-corrected chi connectivity index (χ2v) is 5.36. The molecule has 1 aromatic heterocycles. The van der Waals surface area contributed by atoms with Crippen LogP contribution in [0.5, 0.6) is 0 Å². The number of nitrogens with two attached hydrogens (primary N) is 1. The molecule has 0 fully saturated rings. The number of nitrogens with zero attached hydrogens (tertiary/aromatic N) is 1. The summed E-state index contributed by atoms with van der Waals surface area (Å²) in [6.07, 6.45) is 0.739. The van der Waals surface area contributed by atoms with Gasteiger partial charge in [-0.1, -0.05) is 11.6 Å². The molecule has 66 valence electrons. The number of halogens is 1. The van der Waals surface area contributed by atoms with Gasteiger partial charge in [-0.15, -0.1) is 15.7 Å². The van der Waals surface area contributed by atoms with Gasteiger partial charge in [0.25, 0.3) is 10.0 Å². The van der Waals surface area contributed by atoms with E-state index in [2.05, 4.69) is 4.40 Å². The lowest BCUT2D eigenvalue weighted by Gasteiger charge is -1.89. The van der Waals surface area contributed by atoms with Gasteiger partial charge in [0.05, 0.1) is 10.7 Å². The minimum Gasteiger partial charge on any atom is -0.389 e. The molecule has 7 heteroatoms. The summed E-state index contributed by atoms with van der Waals surface area (Å²) in [6.45, 7) is 0. The monoisotopic (exact) mass is 224 g/mol. The summed E-state index contributed by atoms with van der Waals surface area (Å²) >= 11 is 6.48. The lowest BCUT2D eigenvalue weighted by atomic mass is 10.7. The molecule has 0 spiro atoms. The molecule has 1 aromatic rings. The Morgan fingerprint density at radius 2 is 2.25 bits per heavy atom. The largest absolute Gasteiger partial charge is 0.389 e. The second kappa shape index (κ2) is 3.42. The predicted molar refractivity (Wildman–Crippen MR) is 49.2 cm³/mol. The standard InChI is InChI=1S/C5H5ClN2O2S2/c6-4-1-2-5(11-4)12(9,10)8-3-7/h1-3H,(H2,7,8). The van der Waals surface area contributed by atoms with Crippen molar-refractivity contribution in [2.75, 3.05) is 0 Å².